The van der Waals surface area contributed by atoms with Gasteiger partial charge in [0.2, 0.25) is 5.91 Å². The van der Waals surface area contributed by atoms with E-state index in [1.807, 2.05) is 0 Å². The summed E-state index contributed by atoms with van der Waals surface area (Å²) in [6.07, 6.45) is 0.730. The van der Waals surface area contributed by atoms with Gasteiger partial charge in [-0.05, 0) is 47.5 Å². The largest absolute Gasteiger partial charge is 0.493 e. The van der Waals surface area contributed by atoms with Gasteiger partial charge in [-0.25, -0.2) is 9.18 Å². The first-order valence-electron chi connectivity index (χ1n) is 8.61. The maximum Gasteiger partial charge on any atom is 0.330 e. The molecule has 1 amide bonds. The summed E-state index contributed by atoms with van der Waals surface area (Å²) in [5.74, 6) is -0.941. The molecule has 2 unspecified atom stereocenters. The lowest BCUT2D eigenvalue weighted by molar-refractivity contribution is -0.142. The molecule has 142 valence electrons. The summed E-state index contributed by atoms with van der Waals surface area (Å²) in [4.78, 5) is 25.0. The van der Waals surface area contributed by atoms with Gasteiger partial charge in [0.05, 0.1) is 6.61 Å². The van der Waals surface area contributed by atoms with Crippen LogP contribution in [0.4, 0.5) is 4.39 Å². The smallest absolute Gasteiger partial charge is 0.330 e. The van der Waals surface area contributed by atoms with Gasteiger partial charge in [0.25, 0.3) is 0 Å². The molecule has 2 N–H and O–H groups in total. The van der Waals surface area contributed by atoms with Gasteiger partial charge in [-0.1, -0.05) is 13.0 Å². The van der Waals surface area contributed by atoms with Gasteiger partial charge >= 0.3 is 5.97 Å². The average Bonchev–Trinajstić information content (AvgIpc) is 3.12. The van der Waals surface area contributed by atoms with E-state index in [4.69, 9.17) is 4.74 Å². The van der Waals surface area contributed by atoms with Crippen molar-refractivity contribution in [2.75, 3.05) is 12.4 Å². The predicted molar refractivity (Wildman–Crippen MR) is 100 cm³/mol. The molecule has 0 saturated heterocycles. The number of benzene rings is 2. The van der Waals surface area contributed by atoms with Gasteiger partial charge < -0.3 is 15.2 Å². The molecule has 0 spiro atoms. The molecular formula is C20H20FNO4S. The maximum atomic E-state index is 12.9. The topological polar surface area (TPSA) is 75.6 Å². The van der Waals surface area contributed by atoms with Gasteiger partial charge in [-0.15, -0.1) is 11.8 Å². The zero-order chi connectivity index (χ0) is 19.4. The SMILES string of the molecule is CC(CSc1ccc(F)cc1)C(=O)NC(C(=O)O)c1ccc2c(c1)CCO2. The van der Waals surface area contributed by atoms with Crippen molar-refractivity contribution in [3.63, 3.8) is 0 Å². The number of carbonyl (C=O) groups is 2. The fourth-order valence-electron chi connectivity index (χ4n) is 2.79. The summed E-state index contributed by atoms with van der Waals surface area (Å²) < 4.78 is 18.4. The number of hydrogen-bond donors (Lipinski definition) is 2. The Morgan fingerprint density at radius 3 is 2.70 bits per heavy atom. The summed E-state index contributed by atoms with van der Waals surface area (Å²) in [6, 6.07) is 10.1. The molecule has 1 aliphatic heterocycles. The van der Waals surface area contributed by atoms with E-state index in [9.17, 15) is 19.1 Å². The number of carboxylic acids is 1. The monoisotopic (exact) mass is 389 g/mol. The number of carbonyl (C=O) groups excluding carboxylic acids is 1. The number of amides is 1. The quantitative estimate of drug-likeness (QED) is 0.710. The summed E-state index contributed by atoms with van der Waals surface area (Å²) in [6.45, 7) is 2.32. The number of nitrogens with one attached hydrogen (secondary N) is 1. The molecule has 0 aromatic heterocycles. The number of rotatable bonds is 7. The third-order valence-corrected chi connectivity index (χ3v) is 5.61. The Kier molecular flexibility index (Phi) is 6.01. The molecule has 0 bridgehead atoms. The first-order chi connectivity index (χ1) is 12.9. The number of carboxylic acid groups (broad SMARTS) is 1. The minimum absolute atomic E-state index is 0.311. The molecule has 5 nitrogen and oxygen atoms in total. The minimum Gasteiger partial charge on any atom is -0.493 e. The molecule has 1 aliphatic rings. The fourth-order valence-corrected chi connectivity index (χ4v) is 3.71. The van der Waals surface area contributed by atoms with Crippen LogP contribution in [0, 0.1) is 11.7 Å². The average molecular weight is 389 g/mol. The molecule has 2 aromatic rings. The van der Waals surface area contributed by atoms with Gasteiger partial charge in [0.1, 0.15) is 11.6 Å². The Morgan fingerprint density at radius 1 is 1.26 bits per heavy atom. The minimum atomic E-state index is -1.11. The van der Waals surface area contributed by atoms with Crippen molar-refractivity contribution in [2.24, 2.45) is 5.92 Å². The second kappa shape index (κ2) is 8.43. The van der Waals surface area contributed by atoms with Crippen LogP contribution in [0.25, 0.3) is 0 Å². The van der Waals surface area contributed by atoms with Crippen LogP contribution in [0.5, 0.6) is 5.75 Å². The summed E-state index contributed by atoms with van der Waals surface area (Å²) in [5.41, 5.74) is 1.48. The van der Waals surface area contributed by atoms with Crippen LogP contribution >= 0.6 is 11.8 Å². The van der Waals surface area contributed by atoms with E-state index in [0.29, 0.717) is 17.9 Å². The Morgan fingerprint density at radius 2 is 2.00 bits per heavy atom. The Bertz CT molecular complexity index is 840. The number of halogens is 1. The van der Waals surface area contributed by atoms with E-state index in [-0.39, 0.29) is 11.7 Å². The van der Waals surface area contributed by atoms with Crippen LogP contribution in [0.3, 0.4) is 0 Å². The zero-order valence-corrected chi connectivity index (χ0v) is 15.6. The highest BCUT2D eigenvalue weighted by Gasteiger charge is 2.26. The third kappa shape index (κ3) is 4.80. The van der Waals surface area contributed by atoms with E-state index in [1.165, 1.54) is 23.9 Å². The lowest BCUT2D eigenvalue weighted by atomic mass is 10.0. The van der Waals surface area contributed by atoms with Crippen LogP contribution in [0.15, 0.2) is 47.4 Å². The second-order valence-corrected chi connectivity index (χ2v) is 7.50. The summed E-state index contributed by atoms with van der Waals surface area (Å²) >= 11 is 1.42. The number of aliphatic carboxylic acids is 1. The first kappa shape index (κ1) is 19.2. The number of fused-ring (bicyclic) bond motifs is 1. The van der Waals surface area contributed by atoms with E-state index >= 15 is 0 Å². The predicted octanol–water partition coefficient (Wildman–Crippen LogP) is 3.43. The standard InChI is InChI=1S/C20H20FNO4S/c1-12(11-27-16-5-3-15(21)4-6-16)19(23)22-18(20(24)25)14-2-7-17-13(10-14)8-9-26-17/h2-7,10,12,18H,8-9,11H2,1H3,(H,22,23)(H,24,25). The molecule has 0 fully saturated rings. The Balaban J connectivity index is 1.62. The highest BCUT2D eigenvalue weighted by Crippen LogP contribution is 2.28. The molecule has 1 heterocycles. The lowest BCUT2D eigenvalue weighted by Crippen LogP contribution is -2.37. The molecule has 27 heavy (non-hydrogen) atoms. The van der Waals surface area contributed by atoms with Crippen LogP contribution in [-0.4, -0.2) is 29.3 Å². The van der Waals surface area contributed by atoms with E-state index in [2.05, 4.69) is 5.32 Å². The third-order valence-electron chi connectivity index (χ3n) is 4.34. The van der Waals surface area contributed by atoms with Crippen molar-refractivity contribution in [1.29, 1.82) is 0 Å². The lowest BCUT2D eigenvalue weighted by Gasteiger charge is -2.18. The summed E-state index contributed by atoms with van der Waals surface area (Å²) in [5, 5.41) is 12.2. The van der Waals surface area contributed by atoms with Crippen LogP contribution in [0.2, 0.25) is 0 Å². The first-order valence-corrected chi connectivity index (χ1v) is 9.60. The second-order valence-electron chi connectivity index (χ2n) is 6.41. The van der Waals surface area contributed by atoms with E-state index < -0.39 is 17.9 Å². The van der Waals surface area contributed by atoms with Crippen molar-refractivity contribution in [1.82, 2.24) is 5.32 Å². The van der Waals surface area contributed by atoms with E-state index in [0.717, 1.165) is 22.6 Å². The van der Waals surface area contributed by atoms with Gasteiger partial charge in [0.15, 0.2) is 6.04 Å². The molecule has 3 rings (SSSR count). The van der Waals surface area contributed by atoms with Crippen molar-refractivity contribution in [2.45, 2.75) is 24.3 Å². The van der Waals surface area contributed by atoms with Gasteiger partial charge in [-0.2, -0.15) is 0 Å². The fraction of sp³-hybridized carbons (Fsp3) is 0.300. The van der Waals surface area contributed by atoms with Crippen molar-refractivity contribution in [3.05, 3.63) is 59.4 Å². The summed E-state index contributed by atoms with van der Waals surface area (Å²) in [7, 11) is 0. The number of thioether (sulfide) groups is 1. The molecule has 0 aliphatic carbocycles. The van der Waals surface area contributed by atoms with Crippen molar-refractivity contribution < 1.29 is 23.8 Å². The Hall–Kier alpha value is -2.54. The van der Waals surface area contributed by atoms with Gasteiger partial charge in [0, 0.05) is 23.0 Å². The Labute approximate surface area is 160 Å². The van der Waals surface area contributed by atoms with E-state index in [1.54, 1.807) is 37.3 Å². The van der Waals surface area contributed by atoms with Crippen molar-refractivity contribution >= 4 is 23.6 Å². The molecule has 2 atom stereocenters. The van der Waals surface area contributed by atoms with Crippen LogP contribution in [0.1, 0.15) is 24.1 Å². The highest BCUT2D eigenvalue weighted by molar-refractivity contribution is 7.99. The molecule has 7 heteroatoms. The van der Waals surface area contributed by atoms with Crippen molar-refractivity contribution in [3.8, 4) is 5.75 Å². The zero-order valence-electron chi connectivity index (χ0n) is 14.8. The van der Waals surface area contributed by atoms with Gasteiger partial charge in [-0.3, -0.25) is 4.79 Å². The van der Waals surface area contributed by atoms with Crippen LogP contribution < -0.4 is 10.1 Å². The van der Waals surface area contributed by atoms with Crippen LogP contribution in [-0.2, 0) is 16.0 Å². The molecule has 2 aromatic carbocycles. The maximum absolute atomic E-state index is 12.9. The number of hydrogen-bond acceptors (Lipinski definition) is 4. The number of ether oxygens (including phenoxy) is 1. The highest BCUT2D eigenvalue weighted by atomic mass is 32.2. The molecular weight excluding hydrogens is 369 g/mol. The molecule has 0 radical (unpaired) electrons. The molecule has 0 saturated carbocycles. The normalized spacial score (nSPS) is 14.7.